The number of non-ortho nitro benzene ring substituents is 1. The fourth-order valence-electron chi connectivity index (χ4n) is 2.33. The number of benzene rings is 2. The molecule has 2 heterocycles. The van der Waals surface area contributed by atoms with Gasteiger partial charge in [-0.05, 0) is 24.3 Å². The molecule has 0 fully saturated rings. The van der Waals surface area contributed by atoms with E-state index in [0.717, 1.165) is 0 Å². The predicted molar refractivity (Wildman–Crippen MR) is 72.5 cm³/mol. The van der Waals surface area contributed by atoms with Gasteiger partial charge in [0, 0.05) is 6.07 Å². The zero-order chi connectivity index (χ0) is 15.3. The van der Waals surface area contributed by atoms with Crippen LogP contribution < -0.4 is 18.6 Å². The third kappa shape index (κ3) is 1.71. The van der Waals surface area contributed by atoms with E-state index >= 15 is 0 Å². The summed E-state index contributed by atoms with van der Waals surface area (Å²) >= 11 is 0. The van der Waals surface area contributed by atoms with Crippen molar-refractivity contribution in [3.05, 3.63) is 52.1 Å². The largest absolute Gasteiger partial charge is 0.777 e. The second-order valence-electron chi connectivity index (χ2n) is 4.71. The van der Waals surface area contributed by atoms with Crippen LogP contribution in [0.1, 0.15) is 5.56 Å². The third-order valence-electron chi connectivity index (χ3n) is 3.30. The van der Waals surface area contributed by atoms with Crippen molar-refractivity contribution in [2.45, 2.75) is 0 Å². The van der Waals surface area contributed by atoms with Gasteiger partial charge >= 0.3 is 6.96 Å². The van der Waals surface area contributed by atoms with Gasteiger partial charge in [0.2, 0.25) is 0 Å². The molecule has 0 amide bonds. The molecule has 4 rings (SSSR count). The van der Waals surface area contributed by atoms with Gasteiger partial charge in [-0.1, -0.05) is 0 Å². The SMILES string of the molecule is N#Cc1ccc2c(c1)O[B-]1(O2)Oc2ccc([N+](=O)[O-])cc2O1. The molecule has 0 saturated carbocycles. The summed E-state index contributed by atoms with van der Waals surface area (Å²) in [6, 6.07) is 10.6. The van der Waals surface area contributed by atoms with Crippen molar-refractivity contribution >= 4 is 12.6 Å². The van der Waals surface area contributed by atoms with Gasteiger partial charge in [0.25, 0.3) is 5.69 Å². The minimum Gasteiger partial charge on any atom is -0.609 e. The van der Waals surface area contributed by atoms with Gasteiger partial charge in [0.1, 0.15) is 23.0 Å². The molecule has 2 aliphatic heterocycles. The van der Waals surface area contributed by atoms with E-state index in [-0.39, 0.29) is 11.4 Å². The Balaban J connectivity index is 1.66. The zero-order valence-corrected chi connectivity index (χ0v) is 10.9. The first-order chi connectivity index (χ1) is 10.6. The average Bonchev–Trinajstić information content (AvgIpc) is 3.03. The smallest absolute Gasteiger partial charge is 0.609 e. The summed E-state index contributed by atoms with van der Waals surface area (Å²) in [5, 5.41) is 19.7. The van der Waals surface area contributed by atoms with E-state index in [1.807, 2.05) is 6.07 Å². The van der Waals surface area contributed by atoms with Crippen molar-refractivity contribution < 1.29 is 23.5 Å². The standard InChI is InChI=1S/C13H6BN2O6/c15-7-8-1-3-10-12(5-8)21-14(19-10)20-11-4-2-9(16(17)18)6-13(11)22-14/h1-6H/q-1. The van der Waals surface area contributed by atoms with E-state index < -0.39 is 11.9 Å². The van der Waals surface area contributed by atoms with Gasteiger partial charge < -0.3 is 18.6 Å². The topological polar surface area (TPSA) is 104 Å². The number of nitriles is 1. The summed E-state index contributed by atoms with van der Waals surface area (Å²) in [6.45, 7) is -2.60. The molecule has 8 nitrogen and oxygen atoms in total. The third-order valence-corrected chi connectivity index (χ3v) is 3.30. The van der Waals surface area contributed by atoms with Crippen LogP contribution in [0.15, 0.2) is 36.4 Å². The minimum absolute atomic E-state index is 0.127. The summed E-state index contributed by atoms with van der Waals surface area (Å²) in [4.78, 5) is 10.2. The number of rotatable bonds is 1. The molecule has 1 spiro atoms. The lowest BCUT2D eigenvalue weighted by molar-refractivity contribution is -0.384. The van der Waals surface area contributed by atoms with Crippen molar-refractivity contribution in [2.75, 3.05) is 0 Å². The molecule has 0 aromatic heterocycles. The second kappa shape index (κ2) is 4.05. The van der Waals surface area contributed by atoms with E-state index in [4.69, 9.17) is 23.9 Å². The van der Waals surface area contributed by atoms with Crippen molar-refractivity contribution in [2.24, 2.45) is 0 Å². The highest BCUT2D eigenvalue weighted by atomic mass is 16.9. The van der Waals surface area contributed by atoms with E-state index in [1.165, 1.54) is 24.3 Å². The van der Waals surface area contributed by atoms with Gasteiger partial charge in [-0.25, -0.2) is 0 Å². The molecule has 2 aliphatic rings. The molecule has 2 aromatic rings. The van der Waals surface area contributed by atoms with Crippen molar-refractivity contribution in [3.8, 4) is 29.1 Å². The lowest BCUT2D eigenvalue weighted by Gasteiger charge is -2.27. The lowest BCUT2D eigenvalue weighted by Crippen LogP contribution is -2.54. The molecule has 2 aromatic carbocycles. The van der Waals surface area contributed by atoms with Crippen molar-refractivity contribution in [1.29, 1.82) is 5.26 Å². The van der Waals surface area contributed by atoms with Crippen LogP contribution in [0.2, 0.25) is 0 Å². The number of nitro groups is 1. The Bertz CT molecular complexity index is 864. The minimum atomic E-state index is -2.60. The Morgan fingerprint density at radius 3 is 2.18 bits per heavy atom. The van der Waals surface area contributed by atoms with Crippen LogP contribution in [0.3, 0.4) is 0 Å². The number of hydrogen-bond donors (Lipinski definition) is 0. The molecule has 0 bridgehead atoms. The highest BCUT2D eigenvalue weighted by molar-refractivity contribution is 6.59. The molecule has 9 heteroatoms. The molecule has 22 heavy (non-hydrogen) atoms. The molecule has 1 unspecified atom stereocenters. The van der Waals surface area contributed by atoms with Gasteiger partial charge in [-0.2, -0.15) is 5.26 Å². The maximum absolute atomic E-state index is 10.8. The van der Waals surface area contributed by atoms with Gasteiger partial charge in [-0.15, -0.1) is 0 Å². The van der Waals surface area contributed by atoms with Crippen LogP contribution in [0.25, 0.3) is 0 Å². The second-order valence-corrected chi connectivity index (χ2v) is 4.71. The molecule has 108 valence electrons. The molecule has 0 aliphatic carbocycles. The lowest BCUT2D eigenvalue weighted by atomic mass is 10.1. The highest BCUT2D eigenvalue weighted by Gasteiger charge is 2.52. The number of nitrogens with zero attached hydrogens (tertiary/aromatic N) is 2. The number of hydrogen-bond acceptors (Lipinski definition) is 7. The predicted octanol–water partition coefficient (Wildman–Crippen LogP) is 2.14. The van der Waals surface area contributed by atoms with Crippen LogP contribution in [-0.4, -0.2) is 11.9 Å². The fraction of sp³-hybridized carbons (Fsp3) is 0. The first-order valence-electron chi connectivity index (χ1n) is 6.30. The Hall–Kier alpha value is -3.41. The van der Waals surface area contributed by atoms with E-state index in [0.29, 0.717) is 22.8 Å². The van der Waals surface area contributed by atoms with E-state index in [2.05, 4.69) is 0 Å². The summed E-state index contributed by atoms with van der Waals surface area (Å²) in [7, 11) is 0. The fourth-order valence-corrected chi connectivity index (χ4v) is 2.33. The molecule has 0 N–H and O–H groups in total. The zero-order valence-electron chi connectivity index (χ0n) is 10.9. The molecular formula is C13H6BN2O6-. The van der Waals surface area contributed by atoms with E-state index in [1.54, 1.807) is 12.1 Å². The average molecular weight is 297 g/mol. The quantitative estimate of drug-likeness (QED) is 0.451. The van der Waals surface area contributed by atoms with Crippen molar-refractivity contribution in [1.82, 2.24) is 0 Å². The first kappa shape index (κ1) is 12.3. The van der Waals surface area contributed by atoms with Crippen LogP contribution >= 0.6 is 0 Å². The number of fused-ring (bicyclic) bond motifs is 2. The van der Waals surface area contributed by atoms with Crippen LogP contribution in [-0.2, 0) is 0 Å². The van der Waals surface area contributed by atoms with Crippen LogP contribution in [0.4, 0.5) is 5.69 Å². The summed E-state index contributed by atoms with van der Waals surface area (Å²) < 4.78 is 22.2. The molecule has 1 atom stereocenters. The molecular weight excluding hydrogens is 291 g/mol. The van der Waals surface area contributed by atoms with Gasteiger partial charge in [0.05, 0.1) is 22.6 Å². The summed E-state index contributed by atoms with van der Waals surface area (Å²) in [5.41, 5.74) is 0.277. The van der Waals surface area contributed by atoms with E-state index in [9.17, 15) is 10.1 Å². The monoisotopic (exact) mass is 297 g/mol. The Morgan fingerprint density at radius 2 is 1.55 bits per heavy atom. The Labute approximate surface area is 123 Å². The Kier molecular flexibility index (Phi) is 2.27. The summed E-state index contributed by atoms with van der Waals surface area (Å²) in [5.74, 6) is 1.16. The van der Waals surface area contributed by atoms with Crippen LogP contribution in [0.5, 0.6) is 23.0 Å². The maximum atomic E-state index is 10.8. The van der Waals surface area contributed by atoms with Gasteiger partial charge in [-0.3, -0.25) is 10.1 Å². The molecule has 0 saturated heterocycles. The molecule has 0 radical (unpaired) electrons. The normalized spacial score (nSPS) is 20.0. The first-order valence-corrected chi connectivity index (χ1v) is 6.30. The van der Waals surface area contributed by atoms with Gasteiger partial charge in [0.15, 0.2) is 0 Å². The highest BCUT2D eigenvalue weighted by Crippen LogP contribution is 2.46. The number of nitro benzene ring substituents is 1. The van der Waals surface area contributed by atoms with Crippen molar-refractivity contribution in [3.63, 3.8) is 0 Å². The van der Waals surface area contributed by atoms with Crippen LogP contribution in [0, 0.1) is 21.4 Å². The Morgan fingerprint density at radius 1 is 0.955 bits per heavy atom. The summed E-state index contributed by atoms with van der Waals surface area (Å²) in [6.07, 6.45) is 0. The maximum Gasteiger partial charge on any atom is 0.777 e.